The monoisotopic (exact) mass is 408 g/mol. The standard InChI is InChI=1S/C30H29F/c1-3-7-28-18-19-29(21-30(28)31)27-16-14-26(15-17-27)25-12-10-23(11-13-25)20-22(2)24-8-5-4-6-9-24/h4-6,8-19,21-22H,3,7,20H2,1-2H3. The van der Waals surface area contributed by atoms with E-state index < -0.39 is 0 Å². The van der Waals surface area contributed by atoms with Crippen molar-refractivity contribution in [3.05, 3.63) is 120 Å². The molecule has 0 N–H and O–H groups in total. The molecule has 4 aromatic carbocycles. The van der Waals surface area contributed by atoms with Gasteiger partial charge in [0, 0.05) is 0 Å². The van der Waals surface area contributed by atoms with Gasteiger partial charge in [0.1, 0.15) is 5.82 Å². The van der Waals surface area contributed by atoms with Crippen LogP contribution in [-0.2, 0) is 12.8 Å². The van der Waals surface area contributed by atoms with E-state index in [-0.39, 0.29) is 5.82 Å². The zero-order valence-corrected chi connectivity index (χ0v) is 18.3. The molecule has 0 nitrogen and oxygen atoms in total. The number of hydrogen-bond donors (Lipinski definition) is 0. The molecule has 156 valence electrons. The van der Waals surface area contributed by atoms with E-state index in [1.807, 2.05) is 12.1 Å². The lowest BCUT2D eigenvalue weighted by atomic mass is 9.92. The van der Waals surface area contributed by atoms with Gasteiger partial charge in [-0.25, -0.2) is 4.39 Å². The normalized spacial score (nSPS) is 12.0. The third-order valence-electron chi connectivity index (χ3n) is 5.99. The van der Waals surface area contributed by atoms with Crippen molar-refractivity contribution in [3.63, 3.8) is 0 Å². The summed E-state index contributed by atoms with van der Waals surface area (Å²) in [5, 5.41) is 0. The molecule has 1 heteroatoms. The van der Waals surface area contributed by atoms with E-state index in [0.29, 0.717) is 5.92 Å². The van der Waals surface area contributed by atoms with Crippen molar-refractivity contribution in [2.75, 3.05) is 0 Å². The fourth-order valence-electron chi connectivity index (χ4n) is 4.14. The van der Waals surface area contributed by atoms with Crippen molar-refractivity contribution >= 4 is 0 Å². The molecule has 0 radical (unpaired) electrons. The Bertz CT molecular complexity index is 1110. The molecule has 0 heterocycles. The third kappa shape index (κ3) is 5.11. The predicted octanol–water partition coefficient (Wildman–Crippen LogP) is 8.46. The second kappa shape index (κ2) is 9.75. The summed E-state index contributed by atoms with van der Waals surface area (Å²) in [6.07, 6.45) is 2.77. The maximum absolute atomic E-state index is 14.3. The largest absolute Gasteiger partial charge is 0.207 e. The van der Waals surface area contributed by atoms with Crippen LogP contribution in [0, 0.1) is 5.82 Å². The van der Waals surface area contributed by atoms with Crippen molar-refractivity contribution in [3.8, 4) is 22.3 Å². The Kier molecular flexibility index (Phi) is 6.62. The Hall–Kier alpha value is -3.19. The molecular formula is C30H29F. The number of hydrogen-bond acceptors (Lipinski definition) is 0. The van der Waals surface area contributed by atoms with E-state index >= 15 is 0 Å². The van der Waals surface area contributed by atoms with Gasteiger partial charge in [0.15, 0.2) is 0 Å². The molecule has 0 amide bonds. The van der Waals surface area contributed by atoms with Gasteiger partial charge in [-0.1, -0.05) is 111 Å². The zero-order chi connectivity index (χ0) is 21.6. The fraction of sp³-hybridized carbons (Fsp3) is 0.200. The zero-order valence-electron chi connectivity index (χ0n) is 18.3. The van der Waals surface area contributed by atoms with E-state index in [1.54, 1.807) is 6.07 Å². The SMILES string of the molecule is CCCc1ccc(-c2ccc(-c3ccc(CC(C)c4ccccc4)cc3)cc2)cc1F. The third-order valence-corrected chi connectivity index (χ3v) is 5.99. The van der Waals surface area contributed by atoms with Crippen LogP contribution in [-0.4, -0.2) is 0 Å². The van der Waals surface area contributed by atoms with Crippen LogP contribution in [0.5, 0.6) is 0 Å². The molecule has 1 atom stereocenters. The summed E-state index contributed by atoms with van der Waals surface area (Å²) in [4.78, 5) is 0. The number of aryl methyl sites for hydroxylation is 1. The molecule has 0 aliphatic heterocycles. The first-order valence-electron chi connectivity index (χ1n) is 11.2. The molecule has 0 aliphatic rings. The predicted molar refractivity (Wildman–Crippen MR) is 130 cm³/mol. The molecule has 0 aromatic heterocycles. The minimum absolute atomic E-state index is 0.108. The maximum atomic E-state index is 14.3. The van der Waals surface area contributed by atoms with Crippen molar-refractivity contribution < 1.29 is 4.39 Å². The van der Waals surface area contributed by atoms with Crippen molar-refractivity contribution in [1.82, 2.24) is 0 Å². The Morgan fingerprint density at radius 3 is 1.81 bits per heavy atom. The topological polar surface area (TPSA) is 0 Å². The minimum atomic E-state index is -0.108. The molecule has 4 aromatic rings. The lowest BCUT2D eigenvalue weighted by Gasteiger charge is -2.12. The summed E-state index contributed by atoms with van der Waals surface area (Å²) in [6.45, 7) is 4.35. The van der Waals surface area contributed by atoms with Crippen LogP contribution in [0.3, 0.4) is 0 Å². The van der Waals surface area contributed by atoms with Gasteiger partial charge in [-0.3, -0.25) is 0 Å². The van der Waals surface area contributed by atoms with E-state index in [4.69, 9.17) is 0 Å². The molecule has 1 unspecified atom stereocenters. The lowest BCUT2D eigenvalue weighted by molar-refractivity contribution is 0.608. The number of rotatable bonds is 7. The van der Waals surface area contributed by atoms with Crippen LogP contribution in [0.1, 0.15) is 42.9 Å². The minimum Gasteiger partial charge on any atom is -0.207 e. The lowest BCUT2D eigenvalue weighted by Crippen LogP contribution is -1.98. The smallest absolute Gasteiger partial charge is 0.127 e. The number of halogens is 1. The van der Waals surface area contributed by atoms with Crippen molar-refractivity contribution in [2.24, 2.45) is 0 Å². The highest BCUT2D eigenvalue weighted by Gasteiger charge is 2.08. The maximum Gasteiger partial charge on any atom is 0.127 e. The Balaban J connectivity index is 1.46. The molecule has 0 saturated carbocycles. The Morgan fingerprint density at radius 2 is 1.23 bits per heavy atom. The highest BCUT2D eigenvalue weighted by atomic mass is 19.1. The fourth-order valence-corrected chi connectivity index (χ4v) is 4.14. The van der Waals surface area contributed by atoms with Crippen LogP contribution in [0.2, 0.25) is 0 Å². The first kappa shape index (κ1) is 21.1. The average Bonchev–Trinajstić information content (AvgIpc) is 2.82. The van der Waals surface area contributed by atoms with Crippen LogP contribution < -0.4 is 0 Å². The summed E-state index contributed by atoms with van der Waals surface area (Å²) in [5.74, 6) is 0.388. The summed E-state index contributed by atoms with van der Waals surface area (Å²) in [5.41, 5.74) is 7.86. The van der Waals surface area contributed by atoms with Crippen molar-refractivity contribution in [1.29, 1.82) is 0 Å². The van der Waals surface area contributed by atoms with Gasteiger partial charge in [0.2, 0.25) is 0 Å². The molecule has 4 rings (SSSR count). The van der Waals surface area contributed by atoms with E-state index in [1.165, 1.54) is 22.3 Å². The summed E-state index contributed by atoms with van der Waals surface area (Å²) in [7, 11) is 0. The molecule has 0 bridgehead atoms. The molecule has 31 heavy (non-hydrogen) atoms. The van der Waals surface area contributed by atoms with Gasteiger partial charge in [0.05, 0.1) is 0 Å². The Labute approximate surface area is 185 Å². The first-order chi connectivity index (χ1) is 15.1. The first-order valence-corrected chi connectivity index (χ1v) is 11.2. The number of benzene rings is 4. The van der Waals surface area contributed by atoms with Crippen LogP contribution >= 0.6 is 0 Å². The molecule has 0 fully saturated rings. The molecule has 0 saturated heterocycles. The summed E-state index contributed by atoms with van der Waals surface area (Å²) >= 11 is 0. The van der Waals surface area contributed by atoms with E-state index in [9.17, 15) is 4.39 Å². The van der Waals surface area contributed by atoms with E-state index in [0.717, 1.165) is 36.0 Å². The Morgan fingerprint density at radius 1 is 0.677 bits per heavy atom. The van der Waals surface area contributed by atoms with Gasteiger partial charge in [0.25, 0.3) is 0 Å². The van der Waals surface area contributed by atoms with E-state index in [2.05, 4.69) is 92.7 Å². The van der Waals surface area contributed by atoms with Gasteiger partial charge >= 0.3 is 0 Å². The molecular weight excluding hydrogens is 379 g/mol. The van der Waals surface area contributed by atoms with Gasteiger partial charge in [-0.15, -0.1) is 0 Å². The molecule has 0 spiro atoms. The molecule has 0 aliphatic carbocycles. The second-order valence-corrected chi connectivity index (χ2v) is 8.35. The van der Waals surface area contributed by atoms with Crippen molar-refractivity contribution in [2.45, 2.75) is 39.0 Å². The van der Waals surface area contributed by atoms with Gasteiger partial charge < -0.3 is 0 Å². The summed E-state index contributed by atoms with van der Waals surface area (Å²) < 4.78 is 14.3. The van der Waals surface area contributed by atoms with Crippen LogP contribution in [0.25, 0.3) is 22.3 Å². The highest BCUT2D eigenvalue weighted by Crippen LogP contribution is 2.28. The quantitative estimate of drug-likeness (QED) is 0.288. The second-order valence-electron chi connectivity index (χ2n) is 8.35. The average molecular weight is 409 g/mol. The highest BCUT2D eigenvalue weighted by molar-refractivity contribution is 5.70. The van der Waals surface area contributed by atoms with Crippen LogP contribution in [0.4, 0.5) is 4.39 Å². The van der Waals surface area contributed by atoms with Crippen LogP contribution in [0.15, 0.2) is 97.1 Å². The van der Waals surface area contributed by atoms with Gasteiger partial charge in [-0.2, -0.15) is 0 Å². The van der Waals surface area contributed by atoms with Gasteiger partial charge in [-0.05, 0) is 63.8 Å². The summed E-state index contributed by atoms with van der Waals surface area (Å²) in [6, 6.07) is 33.5.